The lowest BCUT2D eigenvalue weighted by Gasteiger charge is -2.26. The predicted octanol–water partition coefficient (Wildman–Crippen LogP) is 1.63. The summed E-state index contributed by atoms with van der Waals surface area (Å²) in [7, 11) is 1.32. The normalized spacial score (nSPS) is 20.6. The molecule has 1 aromatic rings. The number of benzene rings is 1. The van der Waals surface area contributed by atoms with Crippen LogP contribution in [0.15, 0.2) is 24.3 Å². The fourth-order valence-electron chi connectivity index (χ4n) is 2.57. The van der Waals surface area contributed by atoms with E-state index < -0.39 is 0 Å². The summed E-state index contributed by atoms with van der Waals surface area (Å²) < 4.78 is 10.4. The molecule has 6 nitrogen and oxygen atoms in total. The molecule has 126 valence electrons. The van der Waals surface area contributed by atoms with Gasteiger partial charge in [0, 0.05) is 18.2 Å². The minimum atomic E-state index is -0.346. The third-order valence-electron chi connectivity index (χ3n) is 3.98. The maximum Gasteiger partial charge on any atom is 0.307 e. The predicted molar refractivity (Wildman–Crippen MR) is 86.3 cm³/mol. The molecule has 1 saturated carbocycles. The van der Waals surface area contributed by atoms with Gasteiger partial charge >= 0.3 is 5.97 Å². The zero-order valence-corrected chi connectivity index (χ0v) is 13.4. The molecule has 6 heteroatoms. The van der Waals surface area contributed by atoms with Crippen molar-refractivity contribution in [2.24, 2.45) is 5.73 Å². The minimum absolute atomic E-state index is 0.160. The molecule has 0 heterocycles. The van der Waals surface area contributed by atoms with Crippen molar-refractivity contribution in [2.45, 2.75) is 44.2 Å². The molecule has 0 radical (unpaired) electrons. The van der Waals surface area contributed by atoms with Gasteiger partial charge in [-0.2, -0.15) is 0 Å². The molecule has 1 fully saturated rings. The Morgan fingerprint density at radius 1 is 1.17 bits per heavy atom. The summed E-state index contributed by atoms with van der Waals surface area (Å²) >= 11 is 0. The fourth-order valence-corrected chi connectivity index (χ4v) is 2.57. The molecule has 3 N–H and O–H groups in total. The average Bonchev–Trinajstić information content (AvgIpc) is 2.57. The monoisotopic (exact) mass is 320 g/mol. The van der Waals surface area contributed by atoms with Crippen molar-refractivity contribution in [1.29, 1.82) is 0 Å². The number of ether oxygens (including phenoxy) is 2. The van der Waals surface area contributed by atoms with Crippen LogP contribution in [0.25, 0.3) is 0 Å². The molecule has 1 aromatic carbocycles. The first kappa shape index (κ1) is 17.3. The number of amides is 1. The molecule has 23 heavy (non-hydrogen) atoms. The third kappa shape index (κ3) is 5.56. The van der Waals surface area contributed by atoms with Crippen LogP contribution in [0.4, 0.5) is 0 Å². The first-order valence-electron chi connectivity index (χ1n) is 7.96. The largest absolute Gasteiger partial charge is 0.490 e. The Kier molecular flexibility index (Phi) is 6.40. The third-order valence-corrected chi connectivity index (χ3v) is 3.98. The van der Waals surface area contributed by atoms with Gasteiger partial charge in [0.1, 0.15) is 5.75 Å². The molecular weight excluding hydrogens is 296 g/mol. The lowest BCUT2D eigenvalue weighted by molar-refractivity contribution is -0.140. The van der Waals surface area contributed by atoms with Gasteiger partial charge in [0.15, 0.2) is 0 Å². The maximum atomic E-state index is 11.9. The van der Waals surface area contributed by atoms with Gasteiger partial charge in [-0.15, -0.1) is 0 Å². The summed E-state index contributed by atoms with van der Waals surface area (Å²) in [6, 6.07) is 7.33. The number of carbonyl (C=O) groups excluding carboxylic acids is 2. The van der Waals surface area contributed by atoms with Gasteiger partial charge in [0.25, 0.3) is 5.91 Å². The first-order chi connectivity index (χ1) is 11.1. The lowest BCUT2D eigenvalue weighted by atomic mass is 9.94. The van der Waals surface area contributed by atoms with Crippen LogP contribution in [-0.4, -0.2) is 37.7 Å². The van der Waals surface area contributed by atoms with Crippen LogP contribution in [0.3, 0.4) is 0 Å². The smallest absolute Gasteiger partial charge is 0.307 e. The van der Waals surface area contributed by atoms with E-state index in [-0.39, 0.29) is 30.9 Å². The molecular formula is C17H24N2O4. The van der Waals surface area contributed by atoms with Gasteiger partial charge in [-0.05, 0) is 49.9 Å². The maximum absolute atomic E-state index is 11.9. The SMILES string of the molecule is COC(=O)CCNC(=O)c1ccc(OC2CCC(N)CC2)cc1. The van der Waals surface area contributed by atoms with E-state index in [1.807, 2.05) is 0 Å². The van der Waals surface area contributed by atoms with Crippen molar-refractivity contribution in [3.63, 3.8) is 0 Å². The molecule has 2 rings (SSSR count). The summed E-state index contributed by atoms with van der Waals surface area (Å²) in [5.74, 6) is 0.196. The molecule has 0 saturated heterocycles. The van der Waals surface area contributed by atoms with E-state index in [9.17, 15) is 9.59 Å². The van der Waals surface area contributed by atoms with E-state index in [2.05, 4.69) is 10.1 Å². The second-order valence-corrected chi connectivity index (χ2v) is 5.76. The van der Waals surface area contributed by atoms with Gasteiger partial charge in [0.2, 0.25) is 0 Å². The van der Waals surface area contributed by atoms with Gasteiger partial charge in [-0.25, -0.2) is 0 Å². The lowest BCUT2D eigenvalue weighted by Crippen LogP contribution is -2.31. The van der Waals surface area contributed by atoms with E-state index in [0.29, 0.717) is 11.6 Å². The Bertz CT molecular complexity index is 522. The van der Waals surface area contributed by atoms with Gasteiger partial charge < -0.3 is 20.5 Å². The second kappa shape index (κ2) is 8.53. The first-order valence-corrected chi connectivity index (χ1v) is 7.96. The molecule has 1 aliphatic carbocycles. The summed E-state index contributed by atoms with van der Waals surface area (Å²) in [4.78, 5) is 22.9. The van der Waals surface area contributed by atoms with Crippen molar-refractivity contribution < 1.29 is 19.1 Å². The van der Waals surface area contributed by atoms with Crippen molar-refractivity contribution in [3.8, 4) is 5.75 Å². The summed E-state index contributed by atoms with van der Waals surface area (Å²) in [6.45, 7) is 0.256. The molecule has 1 aliphatic rings. The summed E-state index contributed by atoms with van der Waals surface area (Å²) in [5.41, 5.74) is 6.42. The van der Waals surface area contributed by atoms with Crippen LogP contribution in [0.2, 0.25) is 0 Å². The van der Waals surface area contributed by atoms with Crippen molar-refractivity contribution in [3.05, 3.63) is 29.8 Å². The van der Waals surface area contributed by atoms with Crippen LogP contribution in [0.5, 0.6) is 5.75 Å². The van der Waals surface area contributed by atoms with Crippen molar-refractivity contribution in [2.75, 3.05) is 13.7 Å². The number of esters is 1. The van der Waals surface area contributed by atoms with Crippen molar-refractivity contribution in [1.82, 2.24) is 5.32 Å². The van der Waals surface area contributed by atoms with E-state index in [0.717, 1.165) is 31.4 Å². The Morgan fingerprint density at radius 3 is 2.43 bits per heavy atom. The molecule has 0 bridgehead atoms. The van der Waals surface area contributed by atoms with Crippen LogP contribution in [-0.2, 0) is 9.53 Å². The van der Waals surface area contributed by atoms with Crippen LogP contribution < -0.4 is 15.8 Å². The average molecular weight is 320 g/mol. The highest BCUT2D eigenvalue weighted by Gasteiger charge is 2.19. The summed E-state index contributed by atoms with van der Waals surface area (Å²) in [5, 5.41) is 2.68. The molecule has 0 aromatic heterocycles. The Hall–Kier alpha value is -2.08. The number of nitrogens with one attached hydrogen (secondary N) is 1. The Balaban J connectivity index is 1.79. The number of rotatable bonds is 6. The molecule has 1 amide bonds. The van der Waals surface area contributed by atoms with Gasteiger partial charge in [-0.3, -0.25) is 9.59 Å². The Labute approximate surface area is 136 Å². The number of hydrogen-bond acceptors (Lipinski definition) is 5. The zero-order valence-electron chi connectivity index (χ0n) is 13.4. The van der Waals surface area contributed by atoms with E-state index in [1.54, 1.807) is 24.3 Å². The highest BCUT2D eigenvalue weighted by Crippen LogP contribution is 2.23. The molecule has 0 spiro atoms. The van der Waals surface area contributed by atoms with Gasteiger partial charge in [-0.1, -0.05) is 0 Å². The van der Waals surface area contributed by atoms with Crippen LogP contribution in [0, 0.1) is 0 Å². The molecule has 0 atom stereocenters. The van der Waals surface area contributed by atoms with Gasteiger partial charge in [0.05, 0.1) is 19.6 Å². The Morgan fingerprint density at radius 2 is 1.83 bits per heavy atom. The highest BCUT2D eigenvalue weighted by molar-refractivity contribution is 5.94. The van der Waals surface area contributed by atoms with Crippen LogP contribution in [0.1, 0.15) is 42.5 Å². The standard InChI is InChI=1S/C17H24N2O4/c1-22-16(20)10-11-19-17(21)12-2-6-14(7-3-12)23-15-8-4-13(18)5-9-15/h2-3,6-7,13,15H,4-5,8-11,18H2,1H3,(H,19,21). The second-order valence-electron chi connectivity index (χ2n) is 5.76. The van der Waals surface area contributed by atoms with E-state index >= 15 is 0 Å². The van der Waals surface area contributed by atoms with Crippen molar-refractivity contribution >= 4 is 11.9 Å². The fraction of sp³-hybridized carbons (Fsp3) is 0.529. The van der Waals surface area contributed by atoms with Crippen LogP contribution >= 0.6 is 0 Å². The van der Waals surface area contributed by atoms with E-state index in [1.165, 1.54) is 7.11 Å². The molecule has 0 unspecified atom stereocenters. The number of nitrogens with two attached hydrogens (primary N) is 1. The quantitative estimate of drug-likeness (QED) is 0.777. The zero-order chi connectivity index (χ0) is 16.7. The minimum Gasteiger partial charge on any atom is -0.490 e. The number of carbonyl (C=O) groups is 2. The van der Waals surface area contributed by atoms with E-state index in [4.69, 9.17) is 10.5 Å². The topological polar surface area (TPSA) is 90.6 Å². The summed E-state index contributed by atoms with van der Waals surface area (Å²) in [6.07, 6.45) is 4.28. The number of methoxy groups -OCH3 is 1. The molecule has 0 aliphatic heterocycles. The number of hydrogen-bond donors (Lipinski definition) is 2. The highest BCUT2D eigenvalue weighted by atomic mass is 16.5.